The fourth-order valence-corrected chi connectivity index (χ4v) is 2.16. The summed E-state index contributed by atoms with van der Waals surface area (Å²) in [5, 5.41) is 0. The number of aryl methyl sites for hydroxylation is 2. The quantitative estimate of drug-likeness (QED) is 0.738. The predicted molar refractivity (Wildman–Crippen MR) is 86.1 cm³/mol. The van der Waals surface area contributed by atoms with Crippen LogP contribution in [0.15, 0.2) is 36.7 Å². The van der Waals surface area contributed by atoms with E-state index in [-0.39, 0.29) is 5.91 Å². The zero-order chi connectivity index (χ0) is 15.9. The van der Waals surface area contributed by atoms with Crippen molar-refractivity contribution < 1.29 is 9.53 Å². The Morgan fingerprint density at radius 1 is 1.32 bits per heavy atom. The molecule has 5 heteroatoms. The van der Waals surface area contributed by atoms with Crippen LogP contribution in [0, 0.1) is 0 Å². The summed E-state index contributed by atoms with van der Waals surface area (Å²) in [5.74, 6) is 1.26. The fraction of sp³-hybridized carbons (Fsp3) is 0.412. The molecular weight excluding hydrogens is 278 g/mol. The van der Waals surface area contributed by atoms with Crippen LogP contribution in [0.3, 0.4) is 0 Å². The number of benzene rings is 1. The van der Waals surface area contributed by atoms with Gasteiger partial charge in [-0.15, -0.1) is 0 Å². The van der Waals surface area contributed by atoms with Gasteiger partial charge in [-0.3, -0.25) is 4.79 Å². The minimum atomic E-state index is -0.0696. The third-order valence-electron chi connectivity index (χ3n) is 3.60. The Morgan fingerprint density at radius 2 is 2.05 bits per heavy atom. The van der Waals surface area contributed by atoms with E-state index in [2.05, 4.69) is 24.0 Å². The summed E-state index contributed by atoms with van der Waals surface area (Å²) >= 11 is 0. The van der Waals surface area contributed by atoms with Crippen LogP contribution < -0.4 is 4.74 Å². The molecule has 0 saturated carbocycles. The molecule has 22 heavy (non-hydrogen) atoms. The van der Waals surface area contributed by atoms with Gasteiger partial charge in [0.1, 0.15) is 5.75 Å². The molecule has 1 amide bonds. The lowest BCUT2D eigenvalue weighted by Crippen LogP contribution is -2.30. The molecule has 0 aliphatic heterocycles. The number of hydrogen-bond donors (Lipinski definition) is 0. The van der Waals surface area contributed by atoms with E-state index in [1.807, 2.05) is 19.2 Å². The highest BCUT2D eigenvalue weighted by Crippen LogP contribution is 2.12. The van der Waals surface area contributed by atoms with Gasteiger partial charge in [0.15, 0.2) is 5.82 Å². The molecule has 0 saturated heterocycles. The summed E-state index contributed by atoms with van der Waals surface area (Å²) in [6.45, 7) is 3.35. The summed E-state index contributed by atoms with van der Waals surface area (Å²) < 4.78 is 7.42. The lowest BCUT2D eigenvalue weighted by atomic mass is 10.2. The molecule has 0 atom stereocenters. The van der Waals surface area contributed by atoms with E-state index in [0.29, 0.717) is 19.0 Å². The van der Waals surface area contributed by atoms with E-state index in [1.165, 1.54) is 5.56 Å². The third-order valence-corrected chi connectivity index (χ3v) is 3.60. The molecular formula is C17H23N3O2. The van der Waals surface area contributed by atoms with Gasteiger partial charge in [-0.1, -0.05) is 19.1 Å². The van der Waals surface area contributed by atoms with Crippen molar-refractivity contribution >= 4 is 5.91 Å². The van der Waals surface area contributed by atoms with Crippen molar-refractivity contribution in [3.8, 4) is 5.75 Å². The third kappa shape index (κ3) is 4.10. The highest BCUT2D eigenvalue weighted by Gasteiger charge is 2.15. The second kappa shape index (κ2) is 7.64. The normalized spacial score (nSPS) is 10.5. The standard InChI is InChI=1S/C17H23N3O2/c1-4-14-6-8-15(9-7-14)22-13-5-11-20(3)17(21)16-18-10-12-19(16)2/h6-10,12H,4-5,11,13H2,1-3H3. The SMILES string of the molecule is CCc1ccc(OCCCN(C)C(=O)c2nccn2C)cc1. The Kier molecular flexibility index (Phi) is 5.58. The van der Waals surface area contributed by atoms with Gasteiger partial charge in [0, 0.05) is 33.0 Å². The van der Waals surface area contributed by atoms with Crippen LogP contribution in [0.1, 0.15) is 29.5 Å². The lowest BCUT2D eigenvalue weighted by molar-refractivity contribution is 0.0772. The van der Waals surface area contributed by atoms with Crippen LogP contribution in [-0.2, 0) is 13.5 Å². The second-order valence-electron chi connectivity index (χ2n) is 5.29. The Bertz CT molecular complexity index is 605. The first-order valence-electron chi connectivity index (χ1n) is 7.56. The molecule has 0 N–H and O–H groups in total. The molecule has 2 aromatic rings. The molecule has 118 valence electrons. The zero-order valence-electron chi connectivity index (χ0n) is 13.5. The van der Waals surface area contributed by atoms with E-state index in [0.717, 1.165) is 18.6 Å². The van der Waals surface area contributed by atoms with Gasteiger partial charge in [-0.2, -0.15) is 0 Å². The number of carbonyl (C=O) groups excluding carboxylic acids is 1. The molecule has 0 unspecified atom stereocenters. The predicted octanol–water partition coefficient (Wildman–Crippen LogP) is 2.52. The first-order valence-corrected chi connectivity index (χ1v) is 7.56. The largest absolute Gasteiger partial charge is 0.494 e. The van der Waals surface area contributed by atoms with E-state index in [1.54, 1.807) is 28.9 Å². The molecule has 1 aromatic heterocycles. The second-order valence-corrected chi connectivity index (χ2v) is 5.29. The van der Waals surface area contributed by atoms with Crippen molar-refractivity contribution in [2.45, 2.75) is 19.8 Å². The van der Waals surface area contributed by atoms with E-state index in [4.69, 9.17) is 4.74 Å². The smallest absolute Gasteiger partial charge is 0.289 e. The molecule has 1 heterocycles. The number of ether oxygens (including phenoxy) is 1. The highest BCUT2D eigenvalue weighted by molar-refractivity contribution is 5.90. The molecule has 0 radical (unpaired) electrons. The number of carbonyl (C=O) groups is 1. The molecule has 0 aliphatic rings. The molecule has 0 fully saturated rings. The molecule has 0 aliphatic carbocycles. The lowest BCUT2D eigenvalue weighted by Gasteiger charge is -2.16. The highest BCUT2D eigenvalue weighted by atomic mass is 16.5. The summed E-state index contributed by atoms with van der Waals surface area (Å²) in [4.78, 5) is 17.9. The number of aromatic nitrogens is 2. The first-order chi connectivity index (χ1) is 10.6. The van der Waals surface area contributed by atoms with E-state index < -0.39 is 0 Å². The molecule has 1 aromatic carbocycles. The average Bonchev–Trinajstić information content (AvgIpc) is 2.97. The molecule has 5 nitrogen and oxygen atoms in total. The zero-order valence-corrected chi connectivity index (χ0v) is 13.5. The Labute approximate surface area is 131 Å². The monoisotopic (exact) mass is 301 g/mol. The summed E-state index contributed by atoms with van der Waals surface area (Å²) in [5.41, 5.74) is 1.30. The maximum atomic E-state index is 12.2. The topological polar surface area (TPSA) is 47.4 Å². The van der Waals surface area contributed by atoms with Crippen LogP contribution in [0.25, 0.3) is 0 Å². The van der Waals surface area contributed by atoms with E-state index >= 15 is 0 Å². The minimum absolute atomic E-state index is 0.0696. The first kappa shape index (κ1) is 16.1. The van der Waals surface area contributed by atoms with Crippen molar-refractivity contribution in [1.29, 1.82) is 0 Å². The Morgan fingerprint density at radius 3 is 2.64 bits per heavy atom. The van der Waals surface area contributed by atoms with Gasteiger partial charge in [0.2, 0.25) is 0 Å². The van der Waals surface area contributed by atoms with Crippen LogP contribution in [-0.4, -0.2) is 40.6 Å². The Hall–Kier alpha value is -2.30. The van der Waals surface area contributed by atoms with Gasteiger partial charge in [-0.05, 0) is 30.5 Å². The van der Waals surface area contributed by atoms with Crippen LogP contribution in [0.5, 0.6) is 5.75 Å². The van der Waals surface area contributed by atoms with Crippen LogP contribution >= 0.6 is 0 Å². The fourth-order valence-electron chi connectivity index (χ4n) is 2.16. The number of rotatable bonds is 7. The van der Waals surface area contributed by atoms with Gasteiger partial charge < -0.3 is 14.2 Å². The number of hydrogen-bond acceptors (Lipinski definition) is 3. The number of amides is 1. The number of imidazole rings is 1. The minimum Gasteiger partial charge on any atom is -0.494 e. The van der Waals surface area contributed by atoms with Crippen molar-refractivity contribution in [3.63, 3.8) is 0 Å². The summed E-state index contributed by atoms with van der Waals surface area (Å²) in [7, 11) is 3.60. The summed E-state index contributed by atoms with van der Waals surface area (Å²) in [6, 6.07) is 8.13. The van der Waals surface area contributed by atoms with Crippen molar-refractivity contribution in [2.24, 2.45) is 7.05 Å². The van der Waals surface area contributed by atoms with Gasteiger partial charge in [0.05, 0.1) is 6.61 Å². The maximum absolute atomic E-state index is 12.2. The van der Waals surface area contributed by atoms with Crippen molar-refractivity contribution in [1.82, 2.24) is 14.5 Å². The van der Waals surface area contributed by atoms with Gasteiger partial charge >= 0.3 is 0 Å². The Balaban J connectivity index is 1.73. The van der Waals surface area contributed by atoms with Crippen LogP contribution in [0.2, 0.25) is 0 Å². The molecule has 2 rings (SSSR count). The van der Waals surface area contributed by atoms with Gasteiger partial charge in [-0.25, -0.2) is 4.98 Å². The number of nitrogens with zero attached hydrogens (tertiary/aromatic N) is 3. The maximum Gasteiger partial charge on any atom is 0.289 e. The van der Waals surface area contributed by atoms with Gasteiger partial charge in [0.25, 0.3) is 5.91 Å². The van der Waals surface area contributed by atoms with Crippen molar-refractivity contribution in [2.75, 3.05) is 20.2 Å². The van der Waals surface area contributed by atoms with Crippen LogP contribution in [0.4, 0.5) is 0 Å². The molecule has 0 bridgehead atoms. The summed E-state index contributed by atoms with van der Waals surface area (Å²) in [6.07, 6.45) is 5.21. The molecule has 0 spiro atoms. The van der Waals surface area contributed by atoms with E-state index in [9.17, 15) is 4.79 Å². The average molecular weight is 301 g/mol. The van der Waals surface area contributed by atoms with Crippen molar-refractivity contribution in [3.05, 3.63) is 48.0 Å².